The van der Waals surface area contributed by atoms with Crippen molar-refractivity contribution in [1.82, 2.24) is 4.98 Å². The van der Waals surface area contributed by atoms with Crippen LogP contribution in [-0.4, -0.2) is 10.8 Å². The molecule has 1 aromatic carbocycles. The number of hydrogen-bond acceptors (Lipinski definition) is 2. The van der Waals surface area contributed by atoms with Crippen LogP contribution in [-0.2, 0) is 0 Å². The van der Waals surface area contributed by atoms with Gasteiger partial charge in [-0.05, 0) is 36.5 Å². The Balaban J connectivity index is 2.06. The highest BCUT2D eigenvalue weighted by Gasteiger charge is 2.40. The zero-order chi connectivity index (χ0) is 14.3. The Morgan fingerprint density at radius 2 is 2.25 bits per heavy atom. The van der Waals surface area contributed by atoms with E-state index < -0.39 is 0 Å². The molecule has 1 atom stereocenters. The van der Waals surface area contributed by atoms with Gasteiger partial charge < -0.3 is 4.98 Å². The summed E-state index contributed by atoms with van der Waals surface area (Å²) in [7, 11) is 0. The third kappa shape index (κ3) is 1.92. The van der Waals surface area contributed by atoms with E-state index in [0.29, 0.717) is 5.56 Å². The fourth-order valence-corrected chi connectivity index (χ4v) is 3.39. The van der Waals surface area contributed by atoms with Crippen LogP contribution in [0.3, 0.4) is 0 Å². The molecule has 3 rings (SSSR count). The highest BCUT2D eigenvalue weighted by Crippen LogP contribution is 2.44. The number of carbonyl (C=O) groups is 1. The number of rotatable bonds is 2. The van der Waals surface area contributed by atoms with Crippen LogP contribution in [0.1, 0.15) is 49.0 Å². The number of fused-ring (bicyclic) bond motifs is 1. The highest BCUT2D eigenvalue weighted by atomic mass is 16.1. The average Bonchev–Trinajstić information content (AvgIpc) is 3.00. The summed E-state index contributed by atoms with van der Waals surface area (Å²) < 4.78 is 0. The smallest absolute Gasteiger partial charge is 0.168 e. The van der Waals surface area contributed by atoms with Gasteiger partial charge in [0.2, 0.25) is 0 Å². The van der Waals surface area contributed by atoms with Gasteiger partial charge in [0.25, 0.3) is 0 Å². The van der Waals surface area contributed by atoms with Gasteiger partial charge in [-0.2, -0.15) is 5.26 Å². The second-order valence-electron chi connectivity index (χ2n) is 6.37. The zero-order valence-corrected chi connectivity index (χ0v) is 11.9. The van der Waals surface area contributed by atoms with Crippen LogP contribution in [0.25, 0.3) is 10.9 Å². The van der Waals surface area contributed by atoms with Crippen LogP contribution in [0.4, 0.5) is 0 Å². The monoisotopic (exact) mass is 266 g/mol. The molecular weight excluding hydrogens is 248 g/mol. The number of ketones is 1. The molecule has 3 heteroatoms. The molecular formula is C17H18N2O. The van der Waals surface area contributed by atoms with Crippen LogP contribution in [0.15, 0.2) is 24.4 Å². The molecule has 0 amide bonds. The molecule has 0 bridgehead atoms. The molecule has 1 aliphatic rings. The fraction of sp³-hybridized carbons (Fsp3) is 0.412. The van der Waals surface area contributed by atoms with Crippen LogP contribution >= 0.6 is 0 Å². The summed E-state index contributed by atoms with van der Waals surface area (Å²) in [4.78, 5) is 16.0. The third-order valence-electron chi connectivity index (χ3n) is 4.65. The first kappa shape index (κ1) is 12.9. The Kier molecular flexibility index (Phi) is 2.90. The normalized spacial score (nSPS) is 20.9. The molecule has 3 nitrogen and oxygen atoms in total. The van der Waals surface area contributed by atoms with Gasteiger partial charge >= 0.3 is 0 Å². The van der Waals surface area contributed by atoms with Gasteiger partial charge in [-0.3, -0.25) is 4.79 Å². The lowest BCUT2D eigenvalue weighted by atomic mass is 9.77. The highest BCUT2D eigenvalue weighted by molar-refractivity contribution is 6.09. The molecule has 1 fully saturated rings. The minimum Gasteiger partial charge on any atom is -0.360 e. The Labute approximate surface area is 118 Å². The van der Waals surface area contributed by atoms with Crippen molar-refractivity contribution in [3.63, 3.8) is 0 Å². The fourth-order valence-electron chi connectivity index (χ4n) is 3.39. The van der Waals surface area contributed by atoms with Crippen molar-refractivity contribution in [2.24, 2.45) is 11.3 Å². The number of aromatic amines is 1. The topological polar surface area (TPSA) is 56.6 Å². The maximum atomic E-state index is 12.8. The van der Waals surface area contributed by atoms with E-state index in [0.717, 1.165) is 35.7 Å². The van der Waals surface area contributed by atoms with E-state index in [2.05, 4.69) is 24.9 Å². The Morgan fingerprint density at radius 1 is 1.45 bits per heavy atom. The average molecular weight is 266 g/mol. The van der Waals surface area contributed by atoms with Crippen LogP contribution in [0.5, 0.6) is 0 Å². The van der Waals surface area contributed by atoms with Crippen molar-refractivity contribution in [3.05, 3.63) is 35.5 Å². The minimum atomic E-state index is 0.0769. The molecule has 1 saturated carbocycles. The number of H-pyrrole nitrogens is 1. The first-order chi connectivity index (χ1) is 9.53. The van der Waals surface area contributed by atoms with E-state index in [-0.39, 0.29) is 17.1 Å². The SMILES string of the molecule is CC1(C)CCCC1C(=O)c1c[nH]c2ccc(C#N)cc12. The van der Waals surface area contributed by atoms with Crippen LogP contribution in [0.2, 0.25) is 0 Å². The van der Waals surface area contributed by atoms with E-state index in [1.807, 2.05) is 6.07 Å². The molecule has 0 aliphatic heterocycles. The molecule has 1 unspecified atom stereocenters. The maximum absolute atomic E-state index is 12.8. The zero-order valence-electron chi connectivity index (χ0n) is 11.9. The quantitative estimate of drug-likeness (QED) is 0.834. The Morgan fingerprint density at radius 3 is 2.90 bits per heavy atom. The molecule has 1 heterocycles. The van der Waals surface area contributed by atoms with Crippen LogP contribution < -0.4 is 0 Å². The third-order valence-corrected chi connectivity index (χ3v) is 4.65. The number of hydrogen-bond donors (Lipinski definition) is 1. The number of Topliss-reactive ketones (excluding diaryl/α,β-unsaturated/α-hetero) is 1. The Hall–Kier alpha value is -2.08. The lowest BCUT2D eigenvalue weighted by Crippen LogP contribution is -2.25. The standard InChI is InChI=1S/C17H18N2O/c1-17(2)7-3-4-14(17)16(20)13-10-19-15-6-5-11(9-18)8-12(13)15/h5-6,8,10,14,19H,3-4,7H2,1-2H3. The molecule has 1 aliphatic carbocycles. The lowest BCUT2D eigenvalue weighted by molar-refractivity contribution is 0.0841. The predicted molar refractivity (Wildman–Crippen MR) is 78.5 cm³/mol. The van der Waals surface area contributed by atoms with Crippen molar-refractivity contribution in [3.8, 4) is 6.07 Å². The summed E-state index contributed by atoms with van der Waals surface area (Å²) in [6.45, 7) is 4.36. The summed E-state index contributed by atoms with van der Waals surface area (Å²) in [6, 6.07) is 7.58. The lowest BCUT2D eigenvalue weighted by Gasteiger charge is -2.25. The summed E-state index contributed by atoms with van der Waals surface area (Å²) in [5, 5.41) is 9.89. The number of benzene rings is 1. The van der Waals surface area contributed by atoms with Gasteiger partial charge in [0.05, 0.1) is 11.6 Å². The van der Waals surface area contributed by atoms with E-state index >= 15 is 0 Å². The van der Waals surface area contributed by atoms with E-state index in [1.54, 1.807) is 18.3 Å². The first-order valence-electron chi connectivity index (χ1n) is 7.08. The maximum Gasteiger partial charge on any atom is 0.168 e. The molecule has 2 aromatic rings. The predicted octanol–water partition coefficient (Wildman–Crippen LogP) is 4.05. The van der Waals surface area contributed by atoms with E-state index in [4.69, 9.17) is 5.26 Å². The molecule has 1 N–H and O–H groups in total. The van der Waals surface area contributed by atoms with Gasteiger partial charge in [0, 0.05) is 28.6 Å². The van der Waals surface area contributed by atoms with Crippen LogP contribution in [0, 0.1) is 22.7 Å². The molecule has 0 spiro atoms. The number of aromatic nitrogens is 1. The van der Waals surface area contributed by atoms with Gasteiger partial charge in [0.15, 0.2) is 5.78 Å². The minimum absolute atomic E-state index is 0.0769. The molecule has 20 heavy (non-hydrogen) atoms. The summed E-state index contributed by atoms with van der Waals surface area (Å²) in [5.41, 5.74) is 2.32. The molecule has 1 aromatic heterocycles. The second kappa shape index (κ2) is 4.49. The summed E-state index contributed by atoms with van der Waals surface area (Å²) >= 11 is 0. The molecule has 102 valence electrons. The molecule has 0 saturated heterocycles. The van der Waals surface area contributed by atoms with Crippen molar-refractivity contribution in [1.29, 1.82) is 5.26 Å². The second-order valence-corrected chi connectivity index (χ2v) is 6.37. The molecule has 0 radical (unpaired) electrons. The van der Waals surface area contributed by atoms with E-state index in [9.17, 15) is 4.79 Å². The Bertz CT molecular complexity index is 718. The van der Waals surface area contributed by atoms with Gasteiger partial charge in [-0.25, -0.2) is 0 Å². The van der Waals surface area contributed by atoms with Crippen molar-refractivity contribution < 1.29 is 4.79 Å². The summed E-state index contributed by atoms with van der Waals surface area (Å²) in [6.07, 6.45) is 4.99. The van der Waals surface area contributed by atoms with Gasteiger partial charge in [0.1, 0.15) is 0 Å². The van der Waals surface area contributed by atoms with Gasteiger partial charge in [-0.1, -0.05) is 20.3 Å². The van der Waals surface area contributed by atoms with Gasteiger partial charge in [-0.15, -0.1) is 0 Å². The van der Waals surface area contributed by atoms with Crippen molar-refractivity contribution in [2.75, 3.05) is 0 Å². The summed E-state index contributed by atoms with van der Waals surface area (Å²) in [5.74, 6) is 0.307. The van der Waals surface area contributed by atoms with E-state index in [1.165, 1.54) is 0 Å². The first-order valence-corrected chi connectivity index (χ1v) is 7.08. The number of carbonyl (C=O) groups excluding carboxylic acids is 1. The van der Waals surface area contributed by atoms with Crippen molar-refractivity contribution >= 4 is 16.7 Å². The van der Waals surface area contributed by atoms with Crippen molar-refractivity contribution in [2.45, 2.75) is 33.1 Å². The largest absolute Gasteiger partial charge is 0.360 e. The number of nitrogens with zero attached hydrogens (tertiary/aromatic N) is 1. The number of nitrogens with one attached hydrogen (secondary N) is 1. The number of nitriles is 1.